The van der Waals surface area contributed by atoms with Crippen LogP contribution in [-0.4, -0.2) is 51.5 Å². The summed E-state index contributed by atoms with van der Waals surface area (Å²) < 4.78 is 33.7. The summed E-state index contributed by atoms with van der Waals surface area (Å²) in [6, 6.07) is 6.80. The summed E-state index contributed by atoms with van der Waals surface area (Å²) in [5, 5.41) is 4.11. The van der Waals surface area contributed by atoms with E-state index < -0.39 is 10.0 Å². The number of thiophene rings is 1. The maximum Gasteiger partial charge on any atom is 0.348 e. The van der Waals surface area contributed by atoms with E-state index in [4.69, 9.17) is 4.74 Å². The molecule has 3 heterocycles. The zero-order chi connectivity index (χ0) is 18.4. The molecule has 9 heteroatoms. The van der Waals surface area contributed by atoms with E-state index in [1.165, 1.54) is 11.3 Å². The number of sulfonamides is 1. The van der Waals surface area contributed by atoms with Gasteiger partial charge < -0.3 is 10.1 Å². The normalized spacial score (nSPS) is 23.0. The van der Waals surface area contributed by atoms with Crippen LogP contribution >= 0.6 is 23.7 Å². The Bertz CT molecular complexity index is 951. The Kier molecular flexibility index (Phi) is 5.84. The lowest BCUT2D eigenvalue weighted by Crippen LogP contribution is -2.33. The first-order valence-corrected chi connectivity index (χ1v) is 11.1. The molecule has 0 bridgehead atoms. The molecule has 6 nitrogen and oxygen atoms in total. The van der Waals surface area contributed by atoms with Crippen molar-refractivity contribution in [1.82, 2.24) is 9.62 Å². The van der Waals surface area contributed by atoms with Gasteiger partial charge in [-0.1, -0.05) is 0 Å². The zero-order valence-corrected chi connectivity index (χ0v) is 17.5. The largest absolute Gasteiger partial charge is 0.462 e. The molecule has 1 spiro atoms. The molecule has 0 aliphatic carbocycles. The SMILES string of the molecule is CCOC(=O)c1cc2cc(S(=O)(=O)N3CCC4(CCNC4)C3)ccc2s1.Cl. The highest BCUT2D eigenvalue weighted by Crippen LogP contribution is 2.39. The molecule has 1 N–H and O–H groups in total. The molecular formula is C18H23ClN2O4S2. The fraction of sp³-hybridized carbons (Fsp3) is 0.500. The third-order valence-electron chi connectivity index (χ3n) is 5.34. The van der Waals surface area contributed by atoms with Crippen molar-refractivity contribution in [2.45, 2.75) is 24.7 Å². The lowest BCUT2D eigenvalue weighted by molar-refractivity contribution is 0.0532. The Morgan fingerprint density at radius 3 is 2.85 bits per heavy atom. The van der Waals surface area contributed by atoms with E-state index in [9.17, 15) is 13.2 Å². The summed E-state index contributed by atoms with van der Waals surface area (Å²) in [4.78, 5) is 12.7. The van der Waals surface area contributed by atoms with Crippen LogP contribution < -0.4 is 5.32 Å². The Labute approximate surface area is 169 Å². The fourth-order valence-electron chi connectivity index (χ4n) is 3.88. The third kappa shape index (κ3) is 3.73. The number of carbonyl (C=O) groups excluding carboxylic acids is 1. The van der Waals surface area contributed by atoms with Crippen LogP contribution in [0.5, 0.6) is 0 Å². The number of ether oxygens (including phenoxy) is 1. The van der Waals surface area contributed by atoms with Crippen molar-refractivity contribution in [1.29, 1.82) is 0 Å². The van der Waals surface area contributed by atoms with E-state index in [0.717, 1.165) is 36.0 Å². The van der Waals surface area contributed by atoms with Crippen molar-refractivity contribution in [3.05, 3.63) is 29.1 Å². The molecule has 2 saturated heterocycles. The summed E-state index contributed by atoms with van der Waals surface area (Å²) >= 11 is 1.32. The molecule has 2 aromatic rings. The number of nitrogens with zero attached hydrogens (tertiary/aromatic N) is 1. The van der Waals surface area contributed by atoms with E-state index in [0.29, 0.717) is 29.5 Å². The van der Waals surface area contributed by atoms with Crippen LogP contribution in [0.4, 0.5) is 0 Å². The second-order valence-electron chi connectivity index (χ2n) is 7.05. The predicted molar refractivity (Wildman–Crippen MR) is 108 cm³/mol. The molecule has 0 amide bonds. The van der Waals surface area contributed by atoms with Crippen molar-refractivity contribution in [2.75, 3.05) is 32.8 Å². The van der Waals surface area contributed by atoms with Gasteiger partial charge in [0.2, 0.25) is 10.0 Å². The average molecular weight is 431 g/mol. The summed E-state index contributed by atoms with van der Waals surface area (Å²) in [6.45, 7) is 5.09. The number of rotatable bonds is 4. The Morgan fingerprint density at radius 1 is 1.33 bits per heavy atom. The second kappa shape index (κ2) is 7.67. The second-order valence-corrected chi connectivity index (χ2v) is 10.1. The number of carbonyl (C=O) groups is 1. The molecule has 1 aromatic carbocycles. The molecule has 1 aromatic heterocycles. The monoisotopic (exact) mass is 430 g/mol. The molecule has 148 valence electrons. The highest BCUT2D eigenvalue weighted by molar-refractivity contribution is 7.89. The topological polar surface area (TPSA) is 75.7 Å². The quantitative estimate of drug-likeness (QED) is 0.755. The Balaban J connectivity index is 0.00000210. The zero-order valence-electron chi connectivity index (χ0n) is 15.1. The molecule has 27 heavy (non-hydrogen) atoms. The molecule has 1 atom stereocenters. The summed E-state index contributed by atoms with van der Waals surface area (Å²) in [7, 11) is -3.52. The highest BCUT2D eigenvalue weighted by atomic mass is 35.5. The first-order valence-electron chi connectivity index (χ1n) is 8.85. The molecule has 0 radical (unpaired) electrons. The molecule has 0 saturated carbocycles. The van der Waals surface area contributed by atoms with Crippen LogP contribution in [-0.2, 0) is 14.8 Å². The van der Waals surface area contributed by atoms with Crippen molar-refractivity contribution < 1.29 is 17.9 Å². The van der Waals surface area contributed by atoms with Crippen LogP contribution in [0.2, 0.25) is 0 Å². The summed E-state index contributed by atoms with van der Waals surface area (Å²) in [5.41, 5.74) is 0.0939. The Morgan fingerprint density at radius 2 is 2.15 bits per heavy atom. The van der Waals surface area contributed by atoms with Gasteiger partial charge in [0.25, 0.3) is 0 Å². The maximum atomic E-state index is 13.1. The van der Waals surface area contributed by atoms with E-state index >= 15 is 0 Å². The highest BCUT2D eigenvalue weighted by Gasteiger charge is 2.44. The number of fused-ring (bicyclic) bond motifs is 1. The molecule has 4 rings (SSSR count). The minimum Gasteiger partial charge on any atom is -0.462 e. The number of nitrogens with one attached hydrogen (secondary N) is 1. The molecular weight excluding hydrogens is 408 g/mol. The first-order chi connectivity index (χ1) is 12.4. The van der Waals surface area contributed by atoms with Crippen molar-refractivity contribution in [2.24, 2.45) is 5.41 Å². The van der Waals surface area contributed by atoms with Gasteiger partial charge in [-0.3, -0.25) is 0 Å². The van der Waals surface area contributed by atoms with Gasteiger partial charge in [-0.25, -0.2) is 13.2 Å². The number of hydrogen-bond acceptors (Lipinski definition) is 6. The minimum atomic E-state index is -3.52. The minimum absolute atomic E-state index is 0. The van der Waals surface area contributed by atoms with E-state index in [2.05, 4.69) is 5.32 Å². The van der Waals surface area contributed by atoms with Crippen LogP contribution in [0.3, 0.4) is 0 Å². The Hall–Kier alpha value is -1.19. The number of hydrogen-bond donors (Lipinski definition) is 1. The van der Waals surface area contributed by atoms with Gasteiger partial charge in [-0.2, -0.15) is 4.31 Å². The van der Waals surface area contributed by atoms with Crippen molar-refractivity contribution >= 4 is 49.8 Å². The first kappa shape index (κ1) is 20.5. The van der Waals surface area contributed by atoms with E-state index in [1.54, 1.807) is 35.5 Å². The molecule has 2 aliphatic rings. The lowest BCUT2D eigenvalue weighted by Gasteiger charge is -2.22. The van der Waals surface area contributed by atoms with Crippen molar-refractivity contribution in [3.63, 3.8) is 0 Å². The number of halogens is 1. The number of esters is 1. The van der Waals surface area contributed by atoms with Crippen LogP contribution in [0.1, 0.15) is 29.4 Å². The maximum absolute atomic E-state index is 13.1. The van der Waals surface area contributed by atoms with Gasteiger partial charge in [0.1, 0.15) is 4.88 Å². The van der Waals surface area contributed by atoms with Crippen molar-refractivity contribution in [3.8, 4) is 0 Å². The van der Waals surface area contributed by atoms with Gasteiger partial charge in [-0.05, 0) is 61.4 Å². The summed E-state index contributed by atoms with van der Waals surface area (Å²) in [6.07, 6.45) is 1.94. The standard InChI is InChI=1S/C18H22N2O4S2.ClH/c1-2-24-17(21)16-10-13-9-14(3-4-15(13)25-16)26(22,23)20-8-6-18(12-20)5-7-19-11-18;/h3-4,9-10,19H,2,5-8,11-12H2,1H3;1H. The van der Waals surface area contributed by atoms with E-state index in [-0.39, 0.29) is 23.8 Å². The van der Waals surface area contributed by atoms with Gasteiger partial charge in [0.05, 0.1) is 11.5 Å². The van der Waals surface area contributed by atoms with Gasteiger partial charge in [-0.15, -0.1) is 23.7 Å². The average Bonchev–Trinajstić information content (AvgIpc) is 3.35. The van der Waals surface area contributed by atoms with Gasteiger partial charge >= 0.3 is 5.97 Å². The van der Waals surface area contributed by atoms with Gasteiger partial charge in [0.15, 0.2) is 0 Å². The predicted octanol–water partition coefficient (Wildman–Crippen LogP) is 2.87. The van der Waals surface area contributed by atoms with Crippen LogP contribution in [0.15, 0.2) is 29.2 Å². The molecule has 1 unspecified atom stereocenters. The fourth-order valence-corrected chi connectivity index (χ4v) is 6.40. The molecule has 2 aliphatic heterocycles. The number of benzene rings is 1. The van der Waals surface area contributed by atoms with Crippen LogP contribution in [0.25, 0.3) is 10.1 Å². The smallest absolute Gasteiger partial charge is 0.348 e. The summed E-state index contributed by atoms with van der Waals surface area (Å²) in [5.74, 6) is -0.367. The van der Waals surface area contributed by atoms with Crippen LogP contribution in [0, 0.1) is 5.41 Å². The third-order valence-corrected chi connectivity index (χ3v) is 8.27. The van der Waals surface area contributed by atoms with Gasteiger partial charge in [0, 0.05) is 24.3 Å². The molecule has 2 fully saturated rings. The lowest BCUT2D eigenvalue weighted by atomic mass is 9.87. The van der Waals surface area contributed by atoms with E-state index in [1.807, 2.05) is 0 Å².